The molecule has 2 aromatic carbocycles. The van der Waals surface area contributed by atoms with Gasteiger partial charge in [0.2, 0.25) is 10.0 Å². The third kappa shape index (κ3) is 5.70. The molecule has 0 aliphatic carbocycles. The Morgan fingerprint density at radius 1 is 1.00 bits per heavy atom. The highest BCUT2D eigenvalue weighted by Crippen LogP contribution is 2.28. The fourth-order valence-corrected chi connectivity index (χ4v) is 4.49. The van der Waals surface area contributed by atoms with Crippen molar-refractivity contribution < 1.29 is 17.9 Å². The van der Waals surface area contributed by atoms with Crippen LogP contribution in [0.1, 0.15) is 19.4 Å². The van der Waals surface area contributed by atoms with Gasteiger partial charge in [0.05, 0.1) is 14.2 Å². The number of nitrogens with zero attached hydrogens (tertiary/aromatic N) is 1. The molecule has 0 bridgehead atoms. The zero-order valence-electron chi connectivity index (χ0n) is 17.0. The zero-order chi connectivity index (χ0) is 20.6. The number of benzene rings is 2. The van der Waals surface area contributed by atoms with Gasteiger partial charge < -0.3 is 9.47 Å². The molecule has 0 spiro atoms. The van der Waals surface area contributed by atoms with Crippen molar-refractivity contribution in [3.8, 4) is 11.5 Å². The van der Waals surface area contributed by atoms with E-state index in [1.54, 1.807) is 12.1 Å². The van der Waals surface area contributed by atoms with Gasteiger partial charge in [-0.05, 0) is 37.2 Å². The van der Waals surface area contributed by atoms with Crippen molar-refractivity contribution in [1.29, 1.82) is 0 Å². The average molecular weight is 407 g/mol. The monoisotopic (exact) mass is 406 g/mol. The molecule has 28 heavy (non-hydrogen) atoms. The Kier molecular flexibility index (Phi) is 8.29. The molecule has 0 saturated heterocycles. The number of likely N-dealkylation sites (N-methyl/N-ethyl adjacent to an activating group) is 1. The van der Waals surface area contributed by atoms with Gasteiger partial charge in [-0.25, -0.2) is 13.1 Å². The Morgan fingerprint density at radius 3 is 2.25 bits per heavy atom. The second kappa shape index (κ2) is 10.5. The van der Waals surface area contributed by atoms with E-state index in [0.29, 0.717) is 12.3 Å². The molecule has 6 nitrogen and oxygen atoms in total. The molecule has 7 heteroatoms. The highest BCUT2D eigenvalue weighted by Gasteiger charge is 2.24. The second-order valence-electron chi connectivity index (χ2n) is 6.43. The van der Waals surface area contributed by atoms with Crippen LogP contribution in [0.2, 0.25) is 0 Å². The van der Waals surface area contributed by atoms with Crippen molar-refractivity contribution in [2.75, 3.05) is 33.9 Å². The summed E-state index contributed by atoms with van der Waals surface area (Å²) in [5.74, 6) is 0.751. The number of hydrogen-bond donors (Lipinski definition) is 1. The lowest BCUT2D eigenvalue weighted by Gasteiger charge is -2.30. The van der Waals surface area contributed by atoms with Crippen LogP contribution >= 0.6 is 0 Å². The number of ether oxygens (including phenoxy) is 2. The van der Waals surface area contributed by atoms with E-state index in [-0.39, 0.29) is 16.7 Å². The molecule has 0 aliphatic heterocycles. The van der Waals surface area contributed by atoms with E-state index in [1.165, 1.54) is 25.8 Å². The summed E-state index contributed by atoms with van der Waals surface area (Å²) in [6.07, 6.45) is 0.764. The first kappa shape index (κ1) is 22.2. The molecule has 0 amide bonds. The number of nitrogens with one attached hydrogen (secondary N) is 1. The number of hydrogen-bond acceptors (Lipinski definition) is 5. The first-order chi connectivity index (χ1) is 13.4. The van der Waals surface area contributed by atoms with Gasteiger partial charge >= 0.3 is 0 Å². The molecule has 0 heterocycles. The lowest BCUT2D eigenvalue weighted by atomic mass is 10.0. The molecule has 1 unspecified atom stereocenters. The smallest absolute Gasteiger partial charge is 0.244 e. The predicted octanol–water partition coefficient (Wildman–Crippen LogP) is 2.94. The highest BCUT2D eigenvalue weighted by molar-refractivity contribution is 7.89. The van der Waals surface area contributed by atoms with Crippen LogP contribution in [0.15, 0.2) is 53.4 Å². The SMILES string of the molecule is CCN(CC)C(CNS(=O)(=O)c1cc(OC)ccc1OC)Cc1ccccc1. The molecule has 154 valence electrons. The zero-order valence-corrected chi connectivity index (χ0v) is 17.8. The Hall–Kier alpha value is -2.09. The van der Waals surface area contributed by atoms with Crippen LogP contribution < -0.4 is 14.2 Å². The van der Waals surface area contributed by atoms with Gasteiger partial charge in [-0.3, -0.25) is 4.90 Å². The van der Waals surface area contributed by atoms with Crippen LogP contribution in [0.25, 0.3) is 0 Å². The average Bonchev–Trinajstić information content (AvgIpc) is 2.73. The van der Waals surface area contributed by atoms with Crippen LogP contribution in [-0.4, -0.2) is 53.2 Å². The third-order valence-electron chi connectivity index (χ3n) is 4.81. The summed E-state index contributed by atoms with van der Waals surface area (Å²) in [7, 11) is -0.799. The lowest BCUT2D eigenvalue weighted by molar-refractivity contribution is 0.216. The van der Waals surface area contributed by atoms with Gasteiger partial charge in [-0.2, -0.15) is 0 Å². The van der Waals surface area contributed by atoms with E-state index >= 15 is 0 Å². The molecular formula is C21H30N2O4S. The molecule has 0 saturated carbocycles. The summed E-state index contributed by atoms with van der Waals surface area (Å²) < 4.78 is 39.1. The summed E-state index contributed by atoms with van der Waals surface area (Å²) in [5, 5.41) is 0. The lowest BCUT2D eigenvalue weighted by Crippen LogP contribution is -2.45. The van der Waals surface area contributed by atoms with Crippen molar-refractivity contribution in [2.24, 2.45) is 0 Å². The van der Waals surface area contributed by atoms with E-state index in [4.69, 9.17) is 9.47 Å². The minimum absolute atomic E-state index is 0.0452. The predicted molar refractivity (Wildman–Crippen MR) is 112 cm³/mol. The van der Waals surface area contributed by atoms with Gasteiger partial charge in [0.15, 0.2) is 0 Å². The molecular weight excluding hydrogens is 376 g/mol. The maximum Gasteiger partial charge on any atom is 0.244 e. The van der Waals surface area contributed by atoms with Gasteiger partial charge in [-0.1, -0.05) is 44.2 Å². The van der Waals surface area contributed by atoms with Crippen LogP contribution in [0, 0.1) is 0 Å². The first-order valence-electron chi connectivity index (χ1n) is 9.44. The minimum Gasteiger partial charge on any atom is -0.497 e. The Labute approximate surface area is 168 Å². The number of methoxy groups -OCH3 is 2. The molecule has 0 radical (unpaired) electrons. The van der Waals surface area contributed by atoms with E-state index in [2.05, 4.69) is 35.6 Å². The number of rotatable bonds is 11. The maximum atomic E-state index is 13.0. The Balaban J connectivity index is 2.23. The van der Waals surface area contributed by atoms with E-state index < -0.39 is 10.0 Å². The van der Waals surface area contributed by atoms with Crippen molar-refractivity contribution in [3.05, 3.63) is 54.1 Å². The molecule has 1 N–H and O–H groups in total. The summed E-state index contributed by atoms with van der Waals surface area (Å²) in [4.78, 5) is 2.34. The molecule has 2 rings (SSSR count). The molecule has 0 aliphatic rings. The molecule has 0 aromatic heterocycles. The van der Waals surface area contributed by atoms with Crippen molar-refractivity contribution in [1.82, 2.24) is 9.62 Å². The molecule has 2 aromatic rings. The molecule has 1 atom stereocenters. The second-order valence-corrected chi connectivity index (χ2v) is 8.17. The van der Waals surface area contributed by atoms with Crippen LogP contribution in [0.5, 0.6) is 11.5 Å². The van der Waals surface area contributed by atoms with Crippen molar-refractivity contribution in [2.45, 2.75) is 31.2 Å². The van der Waals surface area contributed by atoms with Crippen LogP contribution in [0.3, 0.4) is 0 Å². The minimum atomic E-state index is -3.75. The first-order valence-corrected chi connectivity index (χ1v) is 10.9. The number of sulfonamides is 1. The van der Waals surface area contributed by atoms with Crippen LogP contribution in [-0.2, 0) is 16.4 Å². The van der Waals surface area contributed by atoms with E-state index in [0.717, 1.165) is 19.5 Å². The Morgan fingerprint density at radius 2 is 1.68 bits per heavy atom. The van der Waals surface area contributed by atoms with Gasteiger partial charge in [0, 0.05) is 18.7 Å². The largest absolute Gasteiger partial charge is 0.497 e. The fraction of sp³-hybridized carbons (Fsp3) is 0.429. The highest BCUT2D eigenvalue weighted by atomic mass is 32.2. The van der Waals surface area contributed by atoms with E-state index in [9.17, 15) is 8.42 Å². The van der Waals surface area contributed by atoms with Crippen molar-refractivity contribution in [3.63, 3.8) is 0 Å². The summed E-state index contributed by atoms with van der Waals surface area (Å²) >= 11 is 0. The van der Waals surface area contributed by atoms with Gasteiger partial charge in [0.1, 0.15) is 16.4 Å². The maximum absolute atomic E-state index is 13.0. The normalized spacial score (nSPS) is 12.8. The van der Waals surface area contributed by atoms with Crippen LogP contribution in [0.4, 0.5) is 0 Å². The van der Waals surface area contributed by atoms with E-state index in [1.807, 2.05) is 18.2 Å². The van der Waals surface area contributed by atoms with Gasteiger partial charge in [0.25, 0.3) is 0 Å². The Bertz CT molecular complexity index is 837. The van der Waals surface area contributed by atoms with Gasteiger partial charge in [-0.15, -0.1) is 0 Å². The summed E-state index contributed by atoms with van der Waals surface area (Å²) in [5.41, 5.74) is 1.18. The summed E-state index contributed by atoms with van der Waals surface area (Å²) in [6.45, 7) is 6.16. The fourth-order valence-electron chi connectivity index (χ4n) is 3.23. The quantitative estimate of drug-likeness (QED) is 0.621. The third-order valence-corrected chi connectivity index (χ3v) is 6.26. The standard InChI is InChI=1S/C21H30N2O4S/c1-5-23(6-2)18(14-17-10-8-7-9-11-17)16-22-28(24,25)21-15-19(26-3)12-13-20(21)27-4/h7-13,15,18,22H,5-6,14,16H2,1-4H3. The topological polar surface area (TPSA) is 67.9 Å². The molecule has 0 fully saturated rings. The summed E-state index contributed by atoms with van der Waals surface area (Å²) in [6, 6.07) is 14.9. The van der Waals surface area contributed by atoms with Crippen molar-refractivity contribution >= 4 is 10.0 Å².